The number of nitrogens with zero attached hydrogens (tertiary/aromatic N) is 4. The Morgan fingerprint density at radius 3 is 2.65 bits per heavy atom. The van der Waals surface area contributed by atoms with Crippen LogP contribution in [0.4, 0.5) is 5.69 Å². The number of carbonyl (C=O) groups excluding carboxylic acids is 1. The van der Waals surface area contributed by atoms with Crippen molar-refractivity contribution in [1.82, 2.24) is 15.0 Å². The monoisotopic (exact) mass is 276 g/mol. The van der Waals surface area contributed by atoms with E-state index in [1.165, 1.54) is 30.8 Å². The third kappa shape index (κ3) is 2.22. The molecule has 104 valence electrons. The van der Waals surface area contributed by atoms with Gasteiger partial charge in [-0.05, 0) is 19.1 Å². The van der Waals surface area contributed by atoms with Gasteiger partial charge in [0.05, 0.1) is 23.4 Å². The Balaban J connectivity index is 2.56. The molecule has 0 amide bonds. The first-order valence-corrected chi connectivity index (χ1v) is 5.71. The van der Waals surface area contributed by atoms with Crippen LogP contribution in [0.25, 0.3) is 5.69 Å². The van der Waals surface area contributed by atoms with Gasteiger partial charge in [0, 0.05) is 13.0 Å². The van der Waals surface area contributed by atoms with Crippen LogP contribution in [0.1, 0.15) is 23.1 Å². The average Bonchev–Trinajstić information content (AvgIpc) is 2.79. The molecule has 0 saturated carbocycles. The zero-order chi connectivity index (χ0) is 14.9. The number of Topliss-reactive ketones (excluding diaryl/α,β-unsaturated/α-hetero) is 1. The molecule has 2 rings (SSSR count). The van der Waals surface area contributed by atoms with E-state index in [0.717, 1.165) is 0 Å². The Morgan fingerprint density at radius 1 is 1.45 bits per heavy atom. The normalized spacial score (nSPS) is 10.3. The Bertz CT molecular complexity index is 693. The molecule has 2 aromatic rings. The van der Waals surface area contributed by atoms with Crippen molar-refractivity contribution in [2.45, 2.75) is 13.8 Å². The number of nitro groups is 1. The van der Waals surface area contributed by atoms with Gasteiger partial charge in [0.1, 0.15) is 0 Å². The molecule has 0 aliphatic heterocycles. The van der Waals surface area contributed by atoms with Crippen molar-refractivity contribution in [1.29, 1.82) is 0 Å². The second-order valence-corrected chi connectivity index (χ2v) is 4.10. The molecule has 0 saturated heterocycles. The van der Waals surface area contributed by atoms with Crippen molar-refractivity contribution in [2.24, 2.45) is 0 Å². The Hall–Kier alpha value is -2.77. The Labute approximate surface area is 114 Å². The van der Waals surface area contributed by atoms with Crippen molar-refractivity contribution < 1.29 is 14.5 Å². The molecule has 0 aliphatic carbocycles. The number of rotatable bonds is 4. The summed E-state index contributed by atoms with van der Waals surface area (Å²) in [5.74, 6) is -0.0555. The Morgan fingerprint density at radius 2 is 2.15 bits per heavy atom. The van der Waals surface area contributed by atoms with E-state index < -0.39 is 4.92 Å². The van der Waals surface area contributed by atoms with Gasteiger partial charge in [-0.2, -0.15) is 0 Å². The quantitative estimate of drug-likeness (QED) is 0.478. The zero-order valence-corrected chi connectivity index (χ0v) is 11.2. The van der Waals surface area contributed by atoms with Gasteiger partial charge in [0.2, 0.25) is 0 Å². The lowest BCUT2D eigenvalue weighted by atomic mass is 10.2. The maximum absolute atomic E-state index is 11.3. The number of ether oxygens (including phenoxy) is 1. The van der Waals surface area contributed by atoms with Crippen LogP contribution in [0.5, 0.6) is 5.75 Å². The fourth-order valence-corrected chi connectivity index (χ4v) is 1.85. The number of hydrogen-bond acceptors (Lipinski definition) is 6. The van der Waals surface area contributed by atoms with Crippen LogP contribution < -0.4 is 4.74 Å². The maximum atomic E-state index is 11.3. The largest absolute Gasteiger partial charge is 0.490 e. The highest BCUT2D eigenvalue weighted by Crippen LogP contribution is 2.29. The third-order valence-electron chi connectivity index (χ3n) is 2.83. The van der Waals surface area contributed by atoms with Gasteiger partial charge in [-0.1, -0.05) is 5.21 Å². The summed E-state index contributed by atoms with van der Waals surface area (Å²) in [6.45, 7) is 3.06. The van der Waals surface area contributed by atoms with Crippen molar-refractivity contribution in [3.05, 3.63) is 39.7 Å². The van der Waals surface area contributed by atoms with E-state index in [4.69, 9.17) is 4.74 Å². The first-order valence-electron chi connectivity index (χ1n) is 5.71. The molecule has 1 aromatic carbocycles. The van der Waals surface area contributed by atoms with Crippen molar-refractivity contribution in [2.75, 3.05) is 7.11 Å². The topological polar surface area (TPSA) is 100 Å². The lowest BCUT2D eigenvalue weighted by Crippen LogP contribution is -2.03. The molecule has 0 fully saturated rings. The van der Waals surface area contributed by atoms with Gasteiger partial charge in [-0.25, -0.2) is 4.68 Å². The van der Waals surface area contributed by atoms with Crippen LogP contribution in [0, 0.1) is 17.0 Å². The van der Waals surface area contributed by atoms with Gasteiger partial charge in [-0.15, -0.1) is 5.10 Å². The number of nitro benzene ring substituents is 1. The molecular formula is C12H12N4O4. The summed E-state index contributed by atoms with van der Waals surface area (Å²) in [6.07, 6.45) is 0. The Kier molecular flexibility index (Phi) is 3.47. The highest BCUT2D eigenvalue weighted by molar-refractivity contribution is 5.93. The smallest absolute Gasteiger partial charge is 0.313 e. The van der Waals surface area contributed by atoms with Gasteiger partial charge < -0.3 is 4.74 Å². The summed E-state index contributed by atoms with van der Waals surface area (Å²) >= 11 is 0. The molecule has 0 bridgehead atoms. The third-order valence-corrected chi connectivity index (χ3v) is 2.83. The predicted molar refractivity (Wildman–Crippen MR) is 69.3 cm³/mol. The van der Waals surface area contributed by atoms with E-state index in [9.17, 15) is 14.9 Å². The van der Waals surface area contributed by atoms with E-state index in [0.29, 0.717) is 11.4 Å². The van der Waals surface area contributed by atoms with Gasteiger partial charge in [0.25, 0.3) is 0 Å². The second kappa shape index (κ2) is 5.08. The van der Waals surface area contributed by atoms with Crippen LogP contribution in [0.2, 0.25) is 0 Å². The minimum atomic E-state index is -0.541. The van der Waals surface area contributed by atoms with Crippen molar-refractivity contribution in [3.63, 3.8) is 0 Å². The molecule has 0 spiro atoms. The number of hydrogen-bond donors (Lipinski definition) is 0. The molecule has 20 heavy (non-hydrogen) atoms. The highest BCUT2D eigenvalue weighted by Gasteiger charge is 2.19. The second-order valence-electron chi connectivity index (χ2n) is 4.10. The molecule has 0 atom stereocenters. The first kappa shape index (κ1) is 13.7. The molecular weight excluding hydrogens is 264 g/mol. The molecule has 1 heterocycles. The van der Waals surface area contributed by atoms with E-state index in [1.807, 2.05) is 0 Å². The number of benzene rings is 1. The summed E-state index contributed by atoms with van der Waals surface area (Å²) in [5.41, 5.74) is 1.03. The summed E-state index contributed by atoms with van der Waals surface area (Å²) in [6, 6.07) is 4.41. The van der Waals surface area contributed by atoms with Gasteiger partial charge in [0.15, 0.2) is 17.2 Å². The minimum Gasteiger partial charge on any atom is -0.490 e. The molecule has 8 nitrogen and oxygen atoms in total. The fraction of sp³-hybridized carbons (Fsp3) is 0.250. The van der Waals surface area contributed by atoms with Crippen molar-refractivity contribution >= 4 is 11.5 Å². The number of ketones is 1. The molecule has 1 aromatic heterocycles. The summed E-state index contributed by atoms with van der Waals surface area (Å²) in [5, 5.41) is 18.6. The van der Waals surface area contributed by atoms with Gasteiger partial charge in [-0.3, -0.25) is 14.9 Å². The fourth-order valence-electron chi connectivity index (χ4n) is 1.85. The molecule has 0 unspecified atom stereocenters. The van der Waals surface area contributed by atoms with Crippen LogP contribution in [0.3, 0.4) is 0 Å². The van der Waals surface area contributed by atoms with Crippen LogP contribution >= 0.6 is 0 Å². The van der Waals surface area contributed by atoms with E-state index in [2.05, 4.69) is 10.3 Å². The van der Waals surface area contributed by atoms with E-state index in [1.54, 1.807) is 13.0 Å². The number of methoxy groups -OCH3 is 1. The van der Waals surface area contributed by atoms with Crippen molar-refractivity contribution in [3.8, 4) is 11.4 Å². The summed E-state index contributed by atoms with van der Waals surface area (Å²) < 4.78 is 6.31. The highest BCUT2D eigenvalue weighted by atomic mass is 16.6. The molecule has 8 heteroatoms. The van der Waals surface area contributed by atoms with E-state index >= 15 is 0 Å². The lowest BCUT2D eigenvalue weighted by Gasteiger charge is -2.06. The SMILES string of the molecule is COc1ccc(-n2nnc(C(C)=O)c2C)cc1[N+](=O)[O-]. The van der Waals surface area contributed by atoms with Crippen LogP contribution in [-0.4, -0.2) is 32.8 Å². The molecule has 0 aliphatic rings. The number of aromatic nitrogens is 3. The summed E-state index contributed by atoms with van der Waals surface area (Å²) in [4.78, 5) is 21.8. The summed E-state index contributed by atoms with van der Waals surface area (Å²) in [7, 11) is 1.36. The lowest BCUT2D eigenvalue weighted by molar-refractivity contribution is -0.385. The van der Waals surface area contributed by atoms with E-state index in [-0.39, 0.29) is 22.9 Å². The van der Waals surface area contributed by atoms with Crippen LogP contribution in [-0.2, 0) is 0 Å². The first-order chi connectivity index (χ1) is 9.45. The average molecular weight is 276 g/mol. The standard InChI is InChI=1S/C12H12N4O4/c1-7-12(8(2)17)13-14-15(7)9-4-5-11(20-3)10(6-9)16(18)19/h4-6H,1-3H3. The zero-order valence-electron chi connectivity index (χ0n) is 11.2. The predicted octanol–water partition coefficient (Wildman–Crippen LogP) is 1.70. The molecule has 0 radical (unpaired) electrons. The van der Waals surface area contributed by atoms with Crippen LogP contribution in [0.15, 0.2) is 18.2 Å². The minimum absolute atomic E-state index is 0.156. The van der Waals surface area contributed by atoms with Gasteiger partial charge >= 0.3 is 5.69 Å². The molecule has 0 N–H and O–H groups in total. The maximum Gasteiger partial charge on any atom is 0.313 e. The number of carbonyl (C=O) groups is 1.